The van der Waals surface area contributed by atoms with Crippen LogP contribution >= 0.6 is 23.2 Å². The van der Waals surface area contributed by atoms with Crippen LogP contribution < -0.4 is 5.73 Å². The number of nitrogens with zero attached hydrogens (tertiary/aromatic N) is 2. The molecule has 0 saturated heterocycles. The number of benzene rings is 2. The molecule has 3 nitrogen and oxygen atoms in total. The lowest BCUT2D eigenvalue weighted by Crippen LogP contribution is -1.80. The number of halogens is 2. The van der Waals surface area contributed by atoms with E-state index in [1.54, 1.807) is 42.5 Å². The van der Waals surface area contributed by atoms with Gasteiger partial charge in [0.15, 0.2) is 0 Å². The van der Waals surface area contributed by atoms with Crippen molar-refractivity contribution in [1.82, 2.24) is 0 Å². The minimum atomic E-state index is 0.508. The van der Waals surface area contributed by atoms with Crippen molar-refractivity contribution in [3.05, 3.63) is 52.5 Å². The van der Waals surface area contributed by atoms with Crippen molar-refractivity contribution in [1.29, 1.82) is 0 Å². The Labute approximate surface area is 109 Å². The zero-order valence-electron chi connectivity index (χ0n) is 8.77. The Morgan fingerprint density at radius 3 is 2.29 bits per heavy atom. The van der Waals surface area contributed by atoms with Gasteiger partial charge in [-0.05, 0) is 42.5 Å². The van der Waals surface area contributed by atoms with Gasteiger partial charge in [-0.3, -0.25) is 0 Å². The highest BCUT2D eigenvalue weighted by Gasteiger charge is 1.99. The first-order chi connectivity index (χ1) is 8.15. The lowest BCUT2D eigenvalue weighted by molar-refractivity contribution is 1.23. The van der Waals surface area contributed by atoms with E-state index < -0.39 is 0 Å². The van der Waals surface area contributed by atoms with Gasteiger partial charge in [-0.2, -0.15) is 5.11 Å². The predicted molar refractivity (Wildman–Crippen MR) is 71.5 cm³/mol. The van der Waals surface area contributed by atoms with E-state index in [4.69, 9.17) is 28.9 Å². The van der Waals surface area contributed by atoms with Crippen LogP contribution in [0.1, 0.15) is 0 Å². The van der Waals surface area contributed by atoms with E-state index in [1.807, 2.05) is 0 Å². The highest BCUT2D eigenvalue weighted by atomic mass is 35.5. The fourth-order valence-corrected chi connectivity index (χ4v) is 1.54. The molecular weight excluding hydrogens is 257 g/mol. The number of anilines is 1. The Hall–Kier alpha value is -1.58. The third-order valence-corrected chi connectivity index (χ3v) is 2.63. The maximum atomic E-state index is 5.96. The fourth-order valence-electron chi connectivity index (χ4n) is 1.22. The Morgan fingerprint density at radius 2 is 1.59 bits per heavy atom. The van der Waals surface area contributed by atoms with Crippen molar-refractivity contribution in [3.63, 3.8) is 0 Å². The molecule has 86 valence electrons. The van der Waals surface area contributed by atoms with Crippen LogP contribution in [0.15, 0.2) is 52.7 Å². The van der Waals surface area contributed by atoms with Gasteiger partial charge in [-0.1, -0.05) is 23.2 Å². The smallest absolute Gasteiger partial charge is 0.106 e. The summed E-state index contributed by atoms with van der Waals surface area (Å²) in [5.74, 6) is 0. The SMILES string of the molecule is Nc1ccc(/N=N/c2cc(Cl)ccc2Cl)cc1. The second-order valence-electron chi connectivity index (χ2n) is 3.39. The fraction of sp³-hybridized carbons (Fsp3) is 0. The molecule has 0 fully saturated rings. The maximum absolute atomic E-state index is 5.96. The lowest BCUT2D eigenvalue weighted by Gasteiger charge is -1.97. The van der Waals surface area contributed by atoms with Crippen molar-refractivity contribution < 1.29 is 0 Å². The van der Waals surface area contributed by atoms with Gasteiger partial charge in [-0.25, -0.2) is 0 Å². The van der Waals surface area contributed by atoms with E-state index in [-0.39, 0.29) is 0 Å². The summed E-state index contributed by atoms with van der Waals surface area (Å²) >= 11 is 11.8. The summed E-state index contributed by atoms with van der Waals surface area (Å²) in [6.45, 7) is 0. The summed E-state index contributed by atoms with van der Waals surface area (Å²) in [5.41, 5.74) is 7.49. The van der Waals surface area contributed by atoms with Crippen LogP contribution in [-0.2, 0) is 0 Å². The molecule has 0 aliphatic carbocycles. The average molecular weight is 266 g/mol. The normalized spacial score (nSPS) is 10.9. The minimum absolute atomic E-state index is 0.508. The van der Waals surface area contributed by atoms with Crippen molar-refractivity contribution in [3.8, 4) is 0 Å². The van der Waals surface area contributed by atoms with Gasteiger partial charge in [0.25, 0.3) is 0 Å². The van der Waals surface area contributed by atoms with Crippen LogP contribution in [0.4, 0.5) is 17.1 Å². The molecule has 0 atom stereocenters. The molecule has 2 rings (SSSR count). The number of rotatable bonds is 2. The molecule has 0 spiro atoms. The van der Waals surface area contributed by atoms with Gasteiger partial charge < -0.3 is 5.73 Å². The zero-order chi connectivity index (χ0) is 12.3. The van der Waals surface area contributed by atoms with Gasteiger partial charge >= 0.3 is 0 Å². The molecule has 5 heteroatoms. The predicted octanol–water partition coefficient (Wildman–Crippen LogP) is 4.99. The number of hydrogen-bond acceptors (Lipinski definition) is 3. The van der Waals surface area contributed by atoms with E-state index >= 15 is 0 Å². The highest BCUT2D eigenvalue weighted by Crippen LogP contribution is 2.29. The first-order valence-corrected chi connectivity index (χ1v) is 5.63. The van der Waals surface area contributed by atoms with Crippen molar-refractivity contribution in [2.24, 2.45) is 10.2 Å². The molecule has 0 heterocycles. The molecule has 0 radical (unpaired) electrons. The molecule has 0 saturated carbocycles. The third-order valence-electron chi connectivity index (χ3n) is 2.07. The molecule has 0 aliphatic heterocycles. The van der Waals surface area contributed by atoms with Crippen molar-refractivity contribution in [2.45, 2.75) is 0 Å². The third kappa shape index (κ3) is 3.19. The second kappa shape index (κ2) is 5.17. The van der Waals surface area contributed by atoms with E-state index in [0.717, 1.165) is 0 Å². The summed E-state index contributed by atoms with van der Waals surface area (Å²) in [4.78, 5) is 0. The largest absolute Gasteiger partial charge is 0.399 e. The Kier molecular flexibility index (Phi) is 3.61. The maximum Gasteiger partial charge on any atom is 0.106 e. The topological polar surface area (TPSA) is 50.7 Å². The molecule has 0 amide bonds. The Balaban J connectivity index is 2.25. The van der Waals surface area contributed by atoms with E-state index in [0.29, 0.717) is 27.1 Å². The Morgan fingerprint density at radius 1 is 0.882 bits per heavy atom. The summed E-state index contributed by atoms with van der Waals surface area (Å²) in [5, 5.41) is 9.16. The van der Waals surface area contributed by atoms with Crippen LogP contribution in [0, 0.1) is 0 Å². The van der Waals surface area contributed by atoms with Crippen LogP contribution in [0.5, 0.6) is 0 Å². The summed E-state index contributed by atoms with van der Waals surface area (Å²) < 4.78 is 0. The molecule has 2 aromatic rings. The summed E-state index contributed by atoms with van der Waals surface area (Å²) in [6.07, 6.45) is 0. The quantitative estimate of drug-likeness (QED) is 0.604. The number of nitrogen functional groups attached to an aromatic ring is 1. The molecule has 0 unspecified atom stereocenters. The minimum Gasteiger partial charge on any atom is -0.399 e. The second-order valence-corrected chi connectivity index (χ2v) is 4.23. The van der Waals surface area contributed by atoms with Crippen molar-refractivity contribution >= 4 is 40.3 Å². The van der Waals surface area contributed by atoms with E-state index in [1.165, 1.54) is 0 Å². The van der Waals surface area contributed by atoms with E-state index in [9.17, 15) is 0 Å². The zero-order valence-corrected chi connectivity index (χ0v) is 10.3. The summed E-state index contributed by atoms with van der Waals surface area (Å²) in [6, 6.07) is 12.1. The number of hydrogen-bond donors (Lipinski definition) is 1. The van der Waals surface area contributed by atoms with Crippen LogP contribution in [0.3, 0.4) is 0 Å². The molecule has 17 heavy (non-hydrogen) atoms. The molecular formula is C12H9Cl2N3. The van der Waals surface area contributed by atoms with Gasteiger partial charge in [0.1, 0.15) is 5.69 Å². The van der Waals surface area contributed by atoms with Crippen molar-refractivity contribution in [2.75, 3.05) is 5.73 Å². The molecule has 2 N–H and O–H groups in total. The molecule has 0 aromatic heterocycles. The van der Waals surface area contributed by atoms with Crippen LogP contribution in [-0.4, -0.2) is 0 Å². The highest BCUT2D eigenvalue weighted by molar-refractivity contribution is 6.35. The standard InChI is InChI=1S/C12H9Cl2N3/c13-8-1-6-11(14)12(7-8)17-16-10-4-2-9(15)3-5-10/h1-7H,15H2/b17-16+. The molecule has 0 aliphatic rings. The van der Waals surface area contributed by atoms with Gasteiger partial charge in [-0.15, -0.1) is 5.11 Å². The average Bonchev–Trinajstić information content (AvgIpc) is 2.32. The first kappa shape index (κ1) is 11.9. The van der Waals surface area contributed by atoms with Crippen LogP contribution in [0.2, 0.25) is 10.0 Å². The number of azo groups is 1. The van der Waals surface area contributed by atoms with Gasteiger partial charge in [0, 0.05) is 10.7 Å². The van der Waals surface area contributed by atoms with Gasteiger partial charge in [0.2, 0.25) is 0 Å². The molecule has 2 aromatic carbocycles. The molecule has 0 bridgehead atoms. The Bertz CT molecular complexity index is 550. The monoisotopic (exact) mass is 265 g/mol. The van der Waals surface area contributed by atoms with Gasteiger partial charge in [0.05, 0.1) is 10.7 Å². The number of nitrogens with two attached hydrogens (primary N) is 1. The first-order valence-electron chi connectivity index (χ1n) is 4.87. The lowest BCUT2D eigenvalue weighted by atomic mass is 10.3. The van der Waals surface area contributed by atoms with E-state index in [2.05, 4.69) is 10.2 Å². The summed E-state index contributed by atoms with van der Waals surface area (Å²) in [7, 11) is 0. The van der Waals surface area contributed by atoms with Crippen LogP contribution in [0.25, 0.3) is 0 Å².